The van der Waals surface area contributed by atoms with Crippen molar-refractivity contribution in [2.75, 3.05) is 0 Å². The van der Waals surface area contributed by atoms with Crippen LogP contribution in [-0.2, 0) is 0 Å². The molecule has 0 N–H and O–H groups in total. The van der Waals surface area contributed by atoms with Crippen LogP contribution < -0.4 is 10.6 Å². The molecule has 0 saturated carbocycles. The van der Waals surface area contributed by atoms with Crippen LogP contribution in [0.3, 0.4) is 0 Å². The smallest absolute Gasteiger partial charge is 0.00845 e. The maximum atomic E-state index is 4.81. The Bertz CT molecular complexity index is 1470. The third kappa shape index (κ3) is 4.42. The molecule has 0 amide bonds. The lowest BCUT2D eigenvalue weighted by Crippen LogP contribution is -2.14. The number of nitrogens with zero attached hydrogens (tertiary/aromatic N) is 1. The van der Waals surface area contributed by atoms with Gasteiger partial charge in [-0.05, 0) is 51.7 Å². The molecule has 1 aliphatic carbocycles. The Morgan fingerprint density at radius 1 is 0.500 bits per heavy atom. The Morgan fingerprint density at radius 2 is 1.06 bits per heavy atom. The molecule has 6 rings (SSSR count). The zero-order valence-electron chi connectivity index (χ0n) is 19.8. The van der Waals surface area contributed by atoms with E-state index in [4.69, 9.17) is 5.32 Å². The first-order chi connectivity index (χ1) is 17.9. The first-order valence-corrected chi connectivity index (χ1v) is 13.5. The normalized spacial score (nSPS) is 16.6. The minimum absolute atomic E-state index is 0.742. The van der Waals surface area contributed by atoms with Gasteiger partial charge in [-0.3, -0.25) is 0 Å². The highest BCUT2D eigenvalue weighted by Gasteiger charge is 2.27. The number of hydrogen-bond donors (Lipinski definition) is 0. The lowest BCUT2D eigenvalue weighted by atomic mass is 9.96. The van der Waals surface area contributed by atoms with E-state index in [9.17, 15) is 0 Å². The van der Waals surface area contributed by atoms with E-state index in [2.05, 4.69) is 140 Å². The van der Waals surface area contributed by atoms with E-state index in [1.807, 2.05) is 12.3 Å². The molecule has 1 heterocycles. The Balaban J connectivity index is 1.44. The zero-order chi connectivity index (χ0) is 24.2. The standard InChI is InChI=1S/C34H25NP/c1-4-12-26(13-5-1)27-19-21-28(22-20-27)31-23-24-33(34(31)32-18-10-11-25-35-32)36(29-14-6-2-7-15-29)30-16-8-3-9-17-30/h1-25H/q-1/b34-32-. The third-order valence-corrected chi connectivity index (χ3v) is 8.91. The molecule has 1 nitrogen and oxygen atoms in total. The molecule has 36 heavy (non-hydrogen) atoms. The van der Waals surface area contributed by atoms with E-state index >= 15 is 0 Å². The first kappa shape index (κ1) is 22.3. The molecular formula is C34H25NP-. The average molecular weight is 479 g/mol. The molecule has 0 atom stereocenters. The summed E-state index contributed by atoms with van der Waals surface area (Å²) in [6.07, 6.45) is 12.7. The molecule has 2 aliphatic rings. The van der Waals surface area contributed by atoms with Crippen molar-refractivity contribution < 1.29 is 0 Å². The largest absolute Gasteiger partial charge is 0.664 e. The number of hydrogen-bond acceptors (Lipinski definition) is 0. The van der Waals surface area contributed by atoms with Gasteiger partial charge in [-0.1, -0.05) is 146 Å². The third-order valence-electron chi connectivity index (χ3n) is 6.43. The van der Waals surface area contributed by atoms with Gasteiger partial charge >= 0.3 is 0 Å². The van der Waals surface area contributed by atoms with E-state index in [0.717, 1.165) is 5.70 Å². The second-order valence-electron chi connectivity index (χ2n) is 8.67. The van der Waals surface area contributed by atoms with Crippen molar-refractivity contribution in [2.45, 2.75) is 0 Å². The van der Waals surface area contributed by atoms with Crippen LogP contribution in [-0.4, -0.2) is 0 Å². The van der Waals surface area contributed by atoms with E-state index in [1.165, 1.54) is 43.8 Å². The van der Waals surface area contributed by atoms with Crippen LogP contribution >= 0.6 is 7.92 Å². The number of benzene rings is 4. The van der Waals surface area contributed by atoms with Crippen LogP contribution in [0.15, 0.2) is 168 Å². The lowest BCUT2D eigenvalue weighted by molar-refractivity contribution is 1.47. The van der Waals surface area contributed by atoms with Crippen LogP contribution in [0, 0.1) is 0 Å². The topological polar surface area (TPSA) is 14.1 Å². The predicted molar refractivity (Wildman–Crippen MR) is 156 cm³/mol. The van der Waals surface area contributed by atoms with Crippen LogP contribution in [0.4, 0.5) is 0 Å². The molecule has 0 unspecified atom stereocenters. The highest BCUT2D eigenvalue weighted by atomic mass is 31.1. The fourth-order valence-corrected chi connectivity index (χ4v) is 7.21. The van der Waals surface area contributed by atoms with Gasteiger partial charge in [0, 0.05) is 0 Å². The maximum Gasteiger partial charge on any atom is -0.00845 e. The van der Waals surface area contributed by atoms with Gasteiger partial charge in [-0.25, -0.2) is 0 Å². The van der Waals surface area contributed by atoms with Crippen LogP contribution in [0.25, 0.3) is 22.0 Å². The van der Waals surface area contributed by atoms with E-state index < -0.39 is 7.92 Å². The van der Waals surface area contributed by atoms with E-state index in [-0.39, 0.29) is 0 Å². The fourth-order valence-electron chi connectivity index (χ4n) is 4.73. The predicted octanol–water partition coefficient (Wildman–Crippen LogP) is 8.48. The average Bonchev–Trinajstić information content (AvgIpc) is 3.40. The Hall–Kier alpha value is -4.19. The second kappa shape index (κ2) is 10.2. The van der Waals surface area contributed by atoms with Crippen LogP contribution in [0.5, 0.6) is 0 Å². The Kier molecular flexibility index (Phi) is 6.31. The van der Waals surface area contributed by atoms with Gasteiger partial charge < -0.3 is 5.32 Å². The van der Waals surface area contributed by atoms with Gasteiger partial charge in [0.15, 0.2) is 0 Å². The van der Waals surface area contributed by atoms with E-state index in [0.29, 0.717) is 0 Å². The summed E-state index contributed by atoms with van der Waals surface area (Å²) in [6, 6.07) is 41.2. The summed E-state index contributed by atoms with van der Waals surface area (Å²) in [5, 5.41) is 8.83. The highest BCUT2D eigenvalue weighted by Crippen LogP contribution is 2.54. The molecule has 1 aliphatic heterocycles. The summed E-state index contributed by atoms with van der Waals surface area (Å²) < 4.78 is 0. The summed E-state index contributed by atoms with van der Waals surface area (Å²) in [4.78, 5) is 0. The fraction of sp³-hybridized carbons (Fsp3) is 0. The Labute approximate surface area is 214 Å². The van der Waals surface area contributed by atoms with Crippen molar-refractivity contribution in [3.8, 4) is 11.1 Å². The van der Waals surface area contributed by atoms with Gasteiger partial charge in [0.1, 0.15) is 0 Å². The minimum Gasteiger partial charge on any atom is -0.664 e. The van der Waals surface area contributed by atoms with Crippen molar-refractivity contribution in [3.05, 3.63) is 179 Å². The van der Waals surface area contributed by atoms with Crippen molar-refractivity contribution in [3.63, 3.8) is 0 Å². The SMILES string of the molecule is C1=C[N-]/C(=C2/C(c3ccc(-c4ccccc4)cc3)=CC=C2P(c2ccccc2)c2ccccc2)C=C1. The van der Waals surface area contributed by atoms with Crippen molar-refractivity contribution in [1.82, 2.24) is 0 Å². The Morgan fingerprint density at radius 3 is 1.64 bits per heavy atom. The quantitative estimate of drug-likeness (QED) is 0.255. The van der Waals surface area contributed by atoms with Gasteiger partial charge in [-0.2, -0.15) is 6.20 Å². The van der Waals surface area contributed by atoms with Crippen LogP contribution in [0.2, 0.25) is 0 Å². The number of rotatable bonds is 5. The molecule has 2 heteroatoms. The lowest BCUT2D eigenvalue weighted by Gasteiger charge is -2.30. The van der Waals surface area contributed by atoms with Crippen molar-refractivity contribution in [1.29, 1.82) is 0 Å². The van der Waals surface area contributed by atoms with Gasteiger partial charge in [0.05, 0.1) is 0 Å². The zero-order valence-corrected chi connectivity index (χ0v) is 20.7. The second-order valence-corrected chi connectivity index (χ2v) is 10.9. The van der Waals surface area contributed by atoms with Crippen LogP contribution in [0.1, 0.15) is 5.56 Å². The maximum absolute atomic E-state index is 4.81. The summed E-state index contributed by atoms with van der Waals surface area (Å²) in [5.41, 5.74) is 7.12. The molecule has 0 aromatic heterocycles. The number of allylic oxidation sites excluding steroid dienone is 8. The minimum atomic E-state index is -0.742. The first-order valence-electron chi connectivity index (χ1n) is 12.2. The van der Waals surface area contributed by atoms with Gasteiger partial charge in [-0.15, -0.1) is 5.70 Å². The summed E-state index contributed by atoms with van der Waals surface area (Å²) in [6.45, 7) is 0. The van der Waals surface area contributed by atoms with Crippen molar-refractivity contribution in [2.24, 2.45) is 0 Å². The summed E-state index contributed by atoms with van der Waals surface area (Å²) in [5.74, 6) is 0. The molecule has 0 spiro atoms. The molecule has 0 saturated heterocycles. The summed E-state index contributed by atoms with van der Waals surface area (Å²) >= 11 is 0. The molecule has 172 valence electrons. The monoisotopic (exact) mass is 478 g/mol. The molecular weight excluding hydrogens is 453 g/mol. The van der Waals surface area contributed by atoms with Gasteiger partial charge in [0.2, 0.25) is 0 Å². The van der Waals surface area contributed by atoms with Gasteiger partial charge in [0.25, 0.3) is 0 Å². The molecule has 0 bridgehead atoms. The molecule has 4 aromatic carbocycles. The molecule has 4 aromatic rings. The molecule has 0 fully saturated rings. The highest BCUT2D eigenvalue weighted by molar-refractivity contribution is 7.77. The van der Waals surface area contributed by atoms with Crippen molar-refractivity contribution >= 4 is 24.1 Å². The summed E-state index contributed by atoms with van der Waals surface area (Å²) in [7, 11) is -0.742. The molecule has 0 radical (unpaired) electrons. The van der Waals surface area contributed by atoms with E-state index in [1.54, 1.807) is 0 Å².